The number of benzene rings is 1. The maximum atomic E-state index is 10.3. The van der Waals surface area contributed by atoms with Crippen LogP contribution in [0.25, 0.3) is 0 Å². The Morgan fingerprint density at radius 3 is 2.73 bits per heavy atom. The number of aromatic nitrogens is 3. The molecule has 1 aliphatic carbocycles. The van der Waals surface area contributed by atoms with E-state index in [9.17, 15) is 5.11 Å². The topological polar surface area (TPSA) is 54.2 Å². The molecule has 1 aromatic carbocycles. The SMILES string of the molecule is OC(Cc1ccccc1)CN1CCn2c(nnc2C2CC2)C1. The molecule has 1 saturated carbocycles. The fourth-order valence-electron chi connectivity index (χ4n) is 3.28. The first-order chi connectivity index (χ1) is 10.8. The number of rotatable bonds is 5. The lowest BCUT2D eigenvalue weighted by molar-refractivity contribution is 0.0958. The van der Waals surface area contributed by atoms with Crippen LogP contribution in [0.4, 0.5) is 0 Å². The third-order valence-corrected chi connectivity index (χ3v) is 4.59. The summed E-state index contributed by atoms with van der Waals surface area (Å²) < 4.78 is 2.29. The minimum absolute atomic E-state index is 0.334. The molecule has 1 aliphatic heterocycles. The summed E-state index contributed by atoms with van der Waals surface area (Å²) in [7, 11) is 0. The number of aliphatic hydroxyl groups excluding tert-OH is 1. The van der Waals surface area contributed by atoms with Crippen LogP contribution in [-0.4, -0.2) is 44.0 Å². The van der Waals surface area contributed by atoms with Gasteiger partial charge in [-0.15, -0.1) is 10.2 Å². The Morgan fingerprint density at radius 1 is 1.14 bits per heavy atom. The maximum absolute atomic E-state index is 10.3. The van der Waals surface area contributed by atoms with Gasteiger partial charge in [0, 0.05) is 25.6 Å². The number of hydrogen-bond donors (Lipinski definition) is 1. The van der Waals surface area contributed by atoms with E-state index in [4.69, 9.17) is 0 Å². The molecule has 5 heteroatoms. The first-order valence-corrected chi connectivity index (χ1v) is 8.16. The van der Waals surface area contributed by atoms with E-state index in [1.807, 2.05) is 18.2 Å². The lowest BCUT2D eigenvalue weighted by Crippen LogP contribution is -2.39. The molecule has 1 unspecified atom stereocenters. The van der Waals surface area contributed by atoms with Gasteiger partial charge < -0.3 is 9.67 Å². The zero-order chi connectivity index (χ0) is 14.9. The average molecular weight is 298 g/mol. The smallest absolute Gasteiger partial charge is 0.147 e. The summed E-state index contributed by atoms with van der Waals surface area (Å²) in [6.45, 7) is 3.41. The zero-order valence-electron chi connectivity index (χ0n) is 12.7. The van der Waals surface area contributed by atoms with Gasteiger partial charge in [0.05, 0.1) is 12.6 Å². The lowest BCUT2D eigenvalue weighted by atomic mass is 10.1. The Hall–Kier alpha value is -1.72. The van der Waals surface area contributed by atoms with Crippen molar-refractivity contribution in [1.29, 1.82) is 0 Å². The van der Waals surface area contributed by atoms with Crippen molar-refractivity contribution in [2.45, 2.75) is 44.4 Å². The van der Waals surface area contributed by atoms with E-state index in [1.165, 1.54) is 24.2 Å². The molecule has 0 bridgehead atoms. The van der Waals surface area contributed by atoms with Crippen molar-refractivity contribution in [2.75, 3.05) is 13.1 Å². The summed E-state index contributed by atoms with van der Waals surface area (Å²) in [5.41, 5.74) is 1.19. The predicted molar refractivity (Wildman–Crippen MR) is 83.4 cm³/mol. The van der Waals surface area contributed by atoms with Gasteiger partial charge in [-0.2, -0.15) is 0 Å². The maximum Gasteiger partial charge on any atom is 0.147 e. The van der Waals surface area contributed by atoms with Crippen molar-refractivity contribution >= 4 is 0 Å². The molecular weight excluding hydrogens is 276 g/mol. The highest BCUT2D eigenvalue weighted by Crippen LogP contribution is 2.39. The van der Waals surface area contributed by atoms with Crippen LogP contribution in [0.1, 0.15) is 36.0 Å². The minimum atomic E-state index is -0.334. The number of β-amino-alcohol motifs (C(OH)–C–C–N with tert-alkyl or cyclic N) is 1. The molecule has 2 aromatic rings. The number of hydrogen-bond acceptors (Lipinski definition) is 4. The van der Waals surface area contributed by atoms with Crippen molar-refractivity contribution < 1.29 is 5.11 Å². The van der Waals surface area contributed by atoms with Crippen LogP contribution in [0.5, 0.6) is 0 Å². The zero-order valence-corrected chi connectivity index (χ0v) is 12.7. The Balaban J connectivity index is 1.36. The van der Waals surface area contributed by atoms with E-state index in [0.29, 0.717) is 18.9 Å². The third-order valence-electron chi connectivity index (χ3n) is 4.59. The molecule has 2 heterocycles. The highest BCUT2D eigenvalue weighted by atomic mass is 16.3. The number of nitrogens with zero attached hydrogens (tertiary/aromatic N) is 4. The van der Waals surface area contributed by atoms with E-state index in [1.54, 1.807) is 0 Å². The van der Waals surface area contributed by atoms with Crippen molar-refractivity contribution in [3.05, 3.63) is 47.5 Å². The quantitative estimate of drug-likeness (QED) is 0.910. The van der Waals surface area contributed by atoms with Crippen molar-refractivity contribution in [2.24, 2.45) is 0 Å². The van der Waals surface area contributed by atoms with Gasteiger partial charge in [0.2, 0.25) is 0 Å². The molecule has 22 heavy (non-hydrogen) atoms. The average Bonchev–Trinajstić information content (AvgIpc) is 3.28. The van der Waals surface area contributed by atoms with Crippen LogP contribution in [0.2, 0.25) is 0 Å². The van der Waals surface area contributed by atoms with Crippen molar-refractivity contribution in [1.82, 2.24) is 19.7 Å². The van der Waals surface area contributed by atoms with Crippen LogP contribution in [0, 0.1) is 0 Å². The van der Waals surface area contributed by atoms with E-state index in [2.05, 4.69) is 31.8 Å². The summed E-state index contributed by atoms with van der Waals surface area (Å²) >= 11 is 0. The van der Waals surface area contributed by atoms with Gasteiger partial charge in [-0.05, 0) is 24.8 Å². The molecule has 1 aromatic heterocycles. The summed E-state index contributed by atoms with van der Waals surface area (Å²) in [5.74, 6) is 2.89. The van der Waals surface area contributed by atoms with Crippen LogP contribution in [-0.2, 0) is 19.5 Å². The first-order valence-electron chi connectivity index (χ1n) is 8.16. The lowest BCUT2D eigenvalue weighted by Gasteiger charge is -2.29. The van der Waals surface area contributed by atoms with E-state index in [0.717, 1.165) is 25.5 Å². The highest BCUT2D eigenvalue weighted by molar-refractivity contribution is 5.15. The van der Waals surface area contributed by atoms with Gasteiger partial charge >= 0.3 is 0 Å². The molecule has 0 amide bonds. The second kappa shape index (κ2) is 5.82. The fraction of sp³-hybridized carbons (Fsp3) is 0.529. The summed E-state index contributed by atoms with van der Waals surface area (Å²) in [4.78, 5) is 2.29. The number of fused-ring (bicyclic) bond motifs is 1. The molecule has 5 nitrogen and oxygen atoms in total. The van der Waals surface area contributed by atoms with Crippen LogP contribution in [0.3, 0.4) is 0 Å². The van der Waals surface area contributed by atoms with Gasteiger partial charge in [-0.25, -0.2) is 0 Å². The molecule has 4 rings (SSSR count). The van der Waals surface area contributed by atoms with E-state index >= 15 is 0 Å². The minimum Gasteiger partial charge on any atom is -0.391 e. The Morgan fingerprint density at radius 2 is 1.95 bits per heavy atom. The van der Waals surface area contributed by atoms with Gasteiger partial charge in [0.1, 0.15) is 11.6 Å². The normalized spacial score (nSPS) is 19.9. The molecule has 1 fully saturated rings. The monoisotopic (exact) mass is 298 g/mol. The van der Waals surface area contributed by atoms with Gasteiger partial charge in [-0.3, -0.25) is 4.90 Å². The van der Waals surface area contributed by atoms with Crippen LogP contribution in [0.15, 0.2) is 30.3 Å². The summed E-state index contributed by atoms with van der Waals surface area (Å²) in [6, 6.07) is 10.2. The molecule has 0 spiro atoms. The highest BCUT2D eigenvalue weighted by Gasteiger charge is 2.32. The third kappa shape index (κ3) is 2.91. The summed E-state index contributed by atoms with van der Waals surface area (Å²) in [6.07, 6.45) is 2.90. The molecule has 1 atom stereocenters. The fourth-order valence-corrected chi connectivity index (χ4v) is 3.28. The second-order valence-electron chi connectivity index (χ2n) is 6.48. The summed E-state index contributed by atoms with van der Waals surface area (Å²) in [5, 5.41) is 19.0. The molecule has 2 aliphatic rings. The Bertz CT molecular complexity index is 635. The number of aliphatic hydroxyl groups is 1. The van der Waals surface area contributed by atoms with E-state index in [-0.39, 0.29) is 6.10 Å². The predicted octanol–water partition coefficient (Wildman–Crippen LogP) is 1.57. The van der Waals surface area contributed by atoms with Crippen molar-refractivity contribution in [3.8, 4) is 0 Å². The van der Waals surface area contributed by atoms with Gasteiger partial charge in [0.25, 0.3) is 0 Å². The molecule has 1 N–H and O–H groups in total. The van der Waals surface area contributed by atoms with Crippen LogP contribution >= 0.6 is 0 Å². The Kier molecular flexibility index (Phi) is 3.68. The van der Waals surface area contributed by atoms with Gasteiger partial charge in [-0.1, -0.05) is 30.3 Å². The van der Waals surface area contributed by atoms with E-state index < -0.39 is 0 Å². The van der Waals surface area contributed by atoms with Gasteiger partial charge in [0.15, 0.2) is 0 Å². The second-order valence-corrected chi connectivity index (χ2v) is 6.48. The standard InChI is InChI=1S/C17H22N4O/c22-15(10-13-4-2-1-3-5-13)11-20-8-9-21-16(12-20)18-19-17(21)14-6-7-14/h1-5,14-15,22H,6-12H2. The molecule has 0 radical (unpaired) electrons. The Labute approximate surface area is 130 Å². The first kappa shape index (κ1) is 13.9. The molecule has 0 saturated heterocycles. The van der Waals surface area contributed by atoms with Crippen LogP contribution < -0.4 is 0 Å². The molecule has 116 valence electrons. The largest absolute Gasteiger partial charge is 0.391 e. The molecular formula is C17H22N4O. The van der Waals surface area contributed by atoms with Crippen molar-refractivity contribution in [3.63, 3.8) is 0 Å².